The molecule has 140 valence electrons. The number of likely N-dealkylation sites (N-methyl/N-ethyl adjacent to an activating group) is 1. The minimum absolute atomic E-state index is 0.00989. The van der Waals surface area contributed by atoms with Crippen LogP contribution >= 0.6 is 0 Å². The first kappa shape index (κ1) is 18.5. The highest BCUT2D eigenvalue weighted by atomic mass is 16.6. The number of para-hydroxylation sites is 1. The van der Waals surface area contributed by atoms with Crippen LogP contribution in [0, 0.1) is 17.0 Å². The summed E-state index contributed by atoms with van der Waals surface area (Å²) in [4.78, 5) is 16.8. The van der Waals surface area contributed by atoms with E-state index in [-0.39, 0.29) is 5.69 Å². The molecule has 3 rings (SSSR count). The van der Waals surface area contributed by atoms with E-state index in [0.29, 0.717) is 37.0 Å². The lowest BCUT2D eigenvalue weighted by Gasteiger charge is -2.15. The van der Waals surface area contributed by atoms with E-state index in [2.05, 4.69) is 10.1 Å². The SMILES string of the molecule is Cc1ccccc1OCCN(C)Cc1nc(-c2cccc([N+](=O)[O-])c2)no1. The maximum absolute atomic E-state index is 10.9. The van der Waals surface area contributed by atoms with E-state index in [9.17, 15) is 10.1 Å². The molecule has 27 heavy (non-hydrogen) atoms. The lowest BCUT2D eigenvalue weighted by molar-refractivity contribution is -0.384. The van der Waals surface area contributed by atoms with Gasteiger partial charge in [0, 0.05) is 24.2 Å². The third-order valence-electron chi connectivity index (χ3n) is 4.01. The summed E-state index contributed by atoms with van der Waals surface area (Å²) < 4.78 is 11.0. The van der Waals surface area contributed by atoms with Crippen LogP contribution < -0.4 is 4.74 Å². The molecular weight excluding hydrogens is 348 g/mol. The fraction of sp³-hybridized carbons (Fsp3) is 0.263. The molecule has 0 aliphatic heterocycles. The normalized spacial score (nSPS) is 10.9. The Hall–Kier alpha value is -3.26. The summed E-state index contributed by atoms with van der Waals surface area (Å²) in [6, 6.07) is 14.0. The van der Waals surface area contributed by atoms with Crippen LogP contribution in [0.3, 0.4) is 0 Å². The summed E-state index contributed by atoms with van der Waals surface area (Å²) in [6.45, 7) is 3.68. The van der Waals surface area contributed by atoms with Gasteiger partial charge in [-0.25, -0.2) is 0 Å². The second kappa shape index (κ2) is 8.41. The number of aryl methyl sites for hydroxylation is 1. The molecule has 0 radical (unpaired) electrons. The highest BCUT2D eigenvalue weighted by molar-refractivity contribution is 5.58. The van der Waals surface area contributed by atoms with Crippen LogP contribution in [0.15, 0.2) is 53.1 Å². The molecule has 0 aliphatic rings. The molecule has 0 spiro atoms. The second-order valence-corrected chi connectivity index (χ2v) is 6.17. The number of rotatable bonds is 8. The van der Waals surface area contributed by atoms with E-state index in [4.69, 9.17) is 9.26 Å². The van der Waals surface area contributed by atoms with Gasteiger partial charge in [0.15, 0.2) is 0 Å². The zero-order valence-corrected chi connectivity index (χ0v) is 15.2. The van der Waals surface area contributed by atoms with Crippen LogP contribution in [0.5, 0.6) is 5.75 Å². The van der Waals surface area contributed by atoms with Gasteiger partial charge in [0.25, 0.3) is 5.69 Å². The van der Waals surface area contributed by atoms with Gasteiger partial charge >= 0.3 is 0 Å². The quantitative estimate of drug-likeness (QED) is 0.444. The largest absolute Gasteiger partial charge is 0.492 e. The fourth-order valence-electron chi connectivity index (χ4n) is 2.53. The van der Waals surface area contributed by atoms with E-state index in [1.807, 2.05) is 43.1 Å². The molecule has 8 heteroatoms. The van der Waals surface area contributed by atoms with Gasteiger partial charge in [-0.15, -0.1) is 0 Å². The third-order valence-corrected chi connectivity index (χ3v) is 4.01. The van der Waals surface area contributed by atoms with Gasteiger partial charge in [0.1, 0.15) is 12.4 Å². The van der Waals surface area contributed by atoms with Crippen molar-refractivity contribution in [1.29, 1.82) is 0 Å². The van der Waals surface area contributed by atoms with Gasteiger partial charge in [-0.3, -0.25) is 15.0 Å². The Morgan fingerprint density at radius 1 is 1.22 bits per heavy atom. The lowest BCUT2D eigenvalue weighted by Crippen LogP contribution is -2.24. The molecule has 0 bridgehead atoms. The van der Waals surface area contributed by atoms with Crippen molar-refractivity contribution in [3.05, 3.63) is 70.1 Å². The van der Waals surface area contributed by atoms with E-state index < -0.39 is 4.92 Å². The molecule has 1 heterocycles. The van der Waals surface area contributed by atoms with Gasteiger partial charge in [0.05, 0.1) is 11.5 Å². The van der Waals surface area contributed by atoms with Crippen LogP contribution in [0.2, 0.25) is 0 Å². The number of hydrogen-bond acceptors (Lipinski definition) is 7. The van der Waals surface area contributed by atoms with Crippen molar-refractivity contribution < 1.29 is 14.2 Å². The molecule has 1 aromatic heterocycles. The Morgan fingerprint density at radius 2 is 2.04 bits per heavy atom. The molecule has 0 N–H and O–H groups in total. The van der Waals surface area contributed by atoms with E-state index in [0.717, 1.165) is 11.3 Å². The molecular formula is C19H20N4O4. The van der Waals surface area contributed by atoms with Crippen molar-refractivity contribution in [2.24, 2.45) is 0 Å². The minimum Gasteiger partial charge on any atom is -0.492 e. The minimum atomic E-state index is -0.452. The van der Waals surface area contributed by atoms with E-state index >= 15 is 0 Å². The Labute approximate surface area is 156 Å². The van der Waals surface area contributed by atoms with Crippen molar-refractivity contribution in [2.75, 3.05) is 20.2 Å². The van der Waals surface area contributed by atoms with Crippen molar-refractivity contribution >= 4 is 5.69 Å². The number of nitro groups is 1. The predicted molar refractivity (Wildman–Crippen MR) is 99.4 cm³/mol. The van der Waals surface area contributed by atoms with E-state index in [1.165, 1.54) is 12.1 Å². The maximum Gasteiger partial charge on any atom is 0.270 e. The number of ether oxygens (including phenoxy) is 1. The van der Waals surface area contributed by atoms with Gasteiger partial charge < -0.3 is 9.26 Å². The monoisotopic (exact) mass is 368 g/mol. The molecule has 0 saturated carbocycles. The van der Waals surface area contributed by atoms with Crippen molar-refractivity contribution in [2.45, 2.75) is 13.5 Å². The van der Waals surface area contributed by atoms with Crippen LogP contribution in [-0.4, -0.2) is 40.2 Å². The topological polar surface area (TPSA) is 94.5 Å². The molecule has 0 unspecified atom stereocenters. The molecule has 0 amide bonds. The number of aromatic nitrogens is 2. The molecule has 8 nitrogen and oxygen atoms in total. The molecule has 0 fully saturated rings. The van der Waals surface area contributed by atoms with Gasteiger partial charge in [-0.2, -0.15) is 4.98 Å². The number of nitro benzene ring substituents is 1. The van der Waals surface area contributed by atoms with Gasteiger partial charge in [-0.05, 0) is 25.6 Å². The first-order valence-corrected chi connectivity index (χ1v) is 8.47. The average molecular weight is 368 g/mol. The summed E-state index contributed by atoms with van der Waals surface area (Å²) in [7, 11) is 1.93. The summed E-state index contributed by atoms with van der Waals surface area (Å²) in [5.74, 6) is 1.64. The maximum atomic E-state index is 10.9. The summed E-state index contributed by atoms with van der Waals surface area (Å²) in [5.41, 5.74) is 1.63. The third kappa shape index (κ3) is 4.89. The van der Waals surface area contributed by atoms with Crippen LogP contribution in [-0.2, 0) is 6.54 Å². The zero-order chi connectivity index (χ0) is 19.2. The van der Waals surface area contributed by atoms with Crippen molar-refractivity contribution in [3.63, 3.8) is 0 Å². The number of nitrogens with zero attached hydrogens (tertiary/aromatic N) is 4. The first-order valence-electron chi connectivity index (χ1n) is 8.47. The summed E-state index contributed by atoms with van der Waals surface area (Å²) >= 11 is 0. The molecule has 3 aromatic rings. The smallest absolute Gasteiger partial charge is 0.270 e. The van der Waals surface area contributed by atoms with Gasteiger partial charge in [-0.1, -0.05) is 35.5 Å². The molecule has 0 saturated heterocycles. The van der Waals surface area contributed by atoms with Crippen LogP contribution in [0.25, 0.3) is 11.4 Å². The number of hydrogen-bond donors (Lipinski definition) is 0. The standard InChI is InChI=1S/C19H20N4O4/c1-14-6-3-4-9-17(14)26-11-10-22(2)13-18-20-19(21-27-18)15-7-5-8-16(12-15)23(24)25/h3-9,12H,10-11,13H2,1-2H3. The predicted octanol–water partition coefficient (Wildman–Crippen LogP) is 3.46. The Kier molecular flexibility index (Phi) is 5.77. The molecule has 0 aliphatic carbocycles. The first-order chi connectivity index (χ1) is 13.0. The molecule has 0 atom stereocenters. The molecule has 2 aromatic carbocycles. The second-order valence-electron chi connectivity index (χ2n) is 6.17. The van der Waals surface area contributed by atoms with Gasteiger partial charge in [0.2, 0.25) is 11.7 Å². The van der Waals surface area contributed by atoms with Crippen LogP contribution in [0.4, 0.5) is 5.69 Å². The Morgan fingerprint density at radius 3 is 2.81 bits per heavy atom. The highest BCUT2D eigenvalue weighted by Gasteiger charge is 2.14. The fourth-order valence-corrected chi connectivity index (χ4v) is 2.53. The average Bonchev–Trinajstić information content (AvgIpc) is 3.12. The van der Waals surface area contributed by atoms with E-state index in [1.54, 1.807) is 12.1 Å². The number of non-ortho nitro benzene ring substituents is 1. The lowest BCUT2D eigenvalue weighted by atomic mass is 10.2. The Balaban J connectivity index is 1.55. The van der Waals surface area contributed by atoms with Crippen molar-refractivity contribution in [3.8, 4) is 17.1 Å². The zero-order valence-electron chi connectivity index (χ0n) is 15.2. The highest BCUT2D eigenvalue weighted by Crippen LogP contribution is 2.21. The van der Waals surface area contributed by atoms with Crippen LogP contribution in [0.1, 0.15) is 11.5 Å². The van der Waals surface area contributed by atoms with Crippen molar-refractivity contribution in [1.82, 2.24) is 15.0 Å². The Bertz CT molecular complexity index is 925. The summed E-state index contributed by atoms with van der Waals surface area (Å²) in [5, 5.41) is 14.8. The number of benzene rings is 2. The summed E-state index contributed by atoms with van der Waals surface area (Å²) in [6.07, 6.45) is 0.